The van der Waals surface area contributed by atoms with Crippen molar-refractivity contribution in [2.45, 2.75) is 23.3 Å². The molecule has 1 amide bonds. The van der Waals surface area contributed by atoms with Crippen molar-refractivity contribution >= 4 is 22.7 Å². The SMILES string of the molecule is O=C(N[C@H](CC[S@@](=O)c1ccccc1)C(=O)O)C(c1ccccc1)c1ccccc1. The lowest BCUT2D eigenvalue weighted by atomic mass is 9.90. The quantitative estimate of drug-likeness (QED) is 0.553. The first-order valence-electron chi connectivity index (χ1n) is 9.62. The van der Waals surface area contributed by atoms with E-state index in [9.17, 15) is 18.9 Å². The maximum Gasteiger partial charge on any atom is 0.326 e. The van der Waals surface area contributed by atoms with Gasteiger partial charge in [0.05, 0.1) is 16.7 Å². The minimum atomic E-state index is -1.33. The van der Waals surface area contributed by atoms with E-state index in [1.807, 2.05) is 66.7 Å². The smallest absolute Gasteiger partial charge is 0.326 e. The first-order valence-corrected chi connectivity index (χ1v) is 10.9. The molecule has 5 nitrogen and oxygen atoms in total. The molecule has 0 aliphatic carbocycles. The molecule has 0 aliphatic heterocycles. The largest absolute Gasteiger partial charge is 0.480 e. The van der Waals surface area contributed by atoms with E-state index in [1.165, 1.54) is 0 Å². The van der Waals surface area contributed by atoms with Gasteiger partial charge in [0.15, 0.2) is 0 Å². The number of carbonyl (C=O) groups is 2. The van der Waals surface area contributed by atoms with Crippen LogP contribution < -0.4 is 5.32 Å². The van der Waals surface area contributed by atoms with Gasteiger partial charge >= 0.3 is 5.97 Å². The summed E-state index contributed by atoms with van der Waals surface area (Å²) in [7, 11) is -1.33. The minimum absolute atomic E-state index is 0.0683. The van der Waals surface area contributed by atoms with Gasteiger partial charge in [0, 0.05) is 10.6 Å². The number of carbonyl (C=O) groups excluding carboxylic acids is 1. The fourth-order valence-corrected chi connectivity index (χ4v) is 4.36. The lowest BCUT2D eigenvalue weighted by molar-refractivity contribution is -0.141. The number of nitrogens with one attached hydrogen (secondary N) is 1. The summed E-state index contributed by atoms with van der Waals surface area (Å²) in [4.78, 5) is 25.5. The molecular formula is C24H23NO4S. The predicted octanol–water partition coefficient (Wildman–Crippen LogP) is 3.59. The van der Waals surface area contributed by atoms with E-state index in [0.717, 1.165) is 11.1 Å². The van der Waals surface area contributed by atoms with Crippen LogP contribution in [0.5, 0.6) is 0 Å². The Kier molecular flexibility index (Phi) is 7.51. The van der Waals surface area contributed by atoms with Crippen LogP contribution in [0.3, 0.4) is 0 Å². The highest BCUT2D eigenvalue weighted by Gasteiger charge is 2.28. The van der Waals surface area contributed by atoms with Crippen LogP contribution in [0.15, 0.2) is 95.9 Å². The van der Waals surface area contributed by atoms with E-state index in [-0.39, 0.29) is 12.2 Å². The Morgan fingerprint density at radius 1 is 0.800 bits per heavy atom. The zero-order valence-electron chi connectivity index (χ0n) is 16.3. The first-order chi connectivity index (χ1) is 14.6. The Bertz CT molecular complexity index is 954. The van der Waals surface area contributed by atoms with E-state index in [0.29, 0.717) is 4.90 Å². The Hall–Kier alpha value is -3.25. The Balaban J connectivity index is 1.75. The van der Waals surface area contributed by atoms with Crippen molar-refractivity contribution < 1.29 is 18.9 Å². The standard InChI is InChI=1S/C24H23NO4S/c26-23(22(18-10-4-1-5-11-18)19-12-6-2-7-13-19)25-21(24(27)28)16-17-30(29)20-14-8-3-9-15-20/h1-15,21-22H,16-17H2,(H,25,26)(H,27,28)/t21-,30-/m1/s1. The van der Waals surface area contributed by atoms with Crippen molar-refractivity contribution in [1.82, 2.24) is 5.32 Å². The zero-order valence-corrected chi connectivity index (χ0v) is 17.1. The van der Waals surface area contributed by atoms with Crippen LogP contribution in [0.25, 0.3) is 0 Å². The highest BCUT2D eigenvalue weighted by molar-refractivity contribution is 7.85. The molecule has 30 heavy (non-hydrogen) atoms. The molecule has 0 saturated carbocycles. The number of hydrogen-bond donors (Lipinski definition) is 2. The third-order valence-electron chi connectivity index (χ3n) is 4.74. The van der Waals surface area contributed by atoms with E-state index in [1.54, 1.807) is 24.3 Å². The molecule has 0 saturated heterocycles. The average Bonchev–Trinajstić information content (AvgIpc) is 2.78. The Morgan fingerprint density at radius 2 is 1.27 bits per heavy atom. The van der Waals surface area contributed by atoms with Crippen LogP contribution in [-0.4, -0.2) is 33.0 Å². The highest BCUT2D eigenvalue weighted by atomic mass is 32.2. The molecule has 3 rings (SSSR count). The first kappa shape index (κ1) is 21.5. The summed E-state index contributed by atoms with van der Waals surface area (Å²) in [5, 5.41) is 12.3. The molecule has 6 heteroatoms. The van der Waals surface area contributed by atoms with Gasteiger partial charge in [0.1, 0.15) is 6.04 Å². The van der Waals surface area contributed by atoms with E-state index >= 15 is 0 Å². The van der Waals surface area contributed by atoms with Crippen molar-refractivity contribution in [2.75, 3.05) is 5.75 Å². The average molecular weight is 422 g/mol. The second-order valence-electron chi connectivity index (χ2n) is 6.81. The highest BCUT2D eigenvalue weighted by Crippen LogP contribution is 2.25. The molecule has 0 spiro atoms. The summed E-state index contributed by atoms with van der Waals surface area (Å²) in [6.07, 6.45) is 0.0683. The molecule has 2 atom stereocenters. The zero-order chi connectivity index (χ0) is 21.3. The summed E-state index contributed by atoms with van der Waals surface area (Å²) < 4.78 is 12.4. The third-order valence-corrected chi connectivity index (χ3v) is 6.15. The summed E-state index contributed by atoms with van der Waals surface area (Å²) in [6, 6.07) is 26.2. The molecule has 154 valence electrons. The fraction of sp³-hybridized carbons (Fsp3) is 0.167. The van der Waals surface area contributed by atoms with Gasteiger partial charge in [0.2, 0.25) is 5.91 Å². The van der Waals surface area contributed by atoms with Crippen LogP contribution in [0.1, 0.15) is 23.5 Å². The summed E-state index contributed by atoms with van der Waals surface area (Å²) in [6.45, 7) is 0. The van der Waals surface area contributed by atoms with Gasteiger partial charge in [-0.05, 0) is 29.7 Å². The normalized spacial score (nSPS) is 12.8. The van der Waals surface area contributed by atoms with Gasteiger partial charge in [-0.1, -0.05) is 78.9 Å². The number of carboxylic acids is 1. The maximum absolute atomic E-state index is 13.1. The van der Waals surface area contributed by atoms with Gasteiger partial charge in [0.25, 0.3) is 0 Å². The molecule has 0 aromatic heterocycles. The van der Waals surface area contributed by atoms with Gasteiger partial charge < -0.3 is 10.4 Å². The third kappa shape index (κ3) is 5.64. The monoisotopic (exact) mass is 421 g/mol. The van der Waals surface area contributed by atoms with Gasteiger partial charge in [-0.25, -0.2) is 4.79 Å². The lowest BCUT2D eigenvalue weighted by Crippen LogP contribution is -2.44. The van der Waals surface area contributed by atoms with Crippen molar-refractivity contribution in [3.63, 3.8) is 0 Å². The van der Waals surface area contributed by atoms with Gasteiger partial charge in [-0.15, -0.1) is 0 Å². The van der Waals surface area contributed by atoms with Crippen LogP contribution in [0.4, 0.5) is 0 Å². The summed E-state index contributed by atoms with van der Waals surface area (Å²) in [5.74, 6) is -2.03. The molecule has 3 aromatic rings. The predicted molar refractivity (Wildman–Crippen MR) is 117 cm³/mol. The maximum atomic E-state index is 13.1. The molecule has 0 fully saturated rings. The van der Waals surface area contributed by atoms with Crippen molar-refractivity contribution in [1.29, 1.82) is 0 Å². The number of aliphatic carboxylic acids is 1. The molecule has 0 radical (unpaired) electrons. The van der Waals surface area contributed by atoms with Gasteiger partial charge in [-0.2, -0.15) is 0 Å². The topological polar surface area (TPSA) is 83.5 Å². The molecule has 2 N–H and O–H groups in total. The van der Waals surface area contributed by atoms with Crippen LogP contribution in [0.2, 0.25) is 0 Å². The van der Waals surface area contributed by atoms with Crippen LogP contribution in [-0.2, 0) is 20.4 Å². The van der Waals surface area contributed by atoms with Gasteiger partial charge in [-0.3, -0.25) is 9.00 Å². The van der Waals surface area contributed by atoms with Crippen molar-refractivity contribution in [3.05, 3.63) is 102 Å². The Morgan fingerprint density at radius 3 is 1.73 bits per heavy atom. The van der Waals surface area contributed by atoms with Crippen LogP contribution in [0, 0.1) is 0 Å². The summed E-state index contributed by atoms with van der Waals surface area (Å²) in [5.41, 5.74) is 1.55. The number of benzene rings is 3. The number of amides is 1. The van der Waals surface area contributed by atoms with E-state index in [4.69, 9.17) is 0 Å². The van der Waals surface area contributed by atoms with E-state index in [2.05, 4.69) is 5.32 Å². The molecule has 0 heterocycles. The second kappa shape index (κ2) is 10.5. The lowest BCUT2D eigenvalue weighted by Gasteiger charge is -2.21. The number of rotatable bonds is 9. The molecule has 3 aromatic carbocycles. The summed E-state index contributed by atoms with van der Waals surface area (Å²) >= 11 is 0. The number of carboxylic acid groups (broad SMARTS) is 1. The second-order valence-corrected chi connectivity index (χ2v) is 8.38. The number of hydrogen-bond acceptors (Lipinski definition) is 3. The Labute approximate surface area is 178 Å². The molecule has 0 aliphatic rings. The minimum Gasteiger partial charge on any atom is -0.480 e. The fourth-order valence-electron chi connectivity index (χ4n) is 3.21. The molecular weight excluding hydrogens is 398 g/mol. The molecule has 0 unspecified atom stereocenters. The van der Waals surface area contributed by atoms with Crippen molar-refractivity contribution in [2.24, 2.45) is 0 Å². The van der Waals surface area contributed by atoms with Crippen LogP contribution >= 0.6 is 0 Å². The molecule has 0 bridgehead atoms. The van der Waals surface area contributed by atoms with Crippen molar-refractivity contribution in [3.8, 4) is 0 Å². The van der Waals surface area contributed by atoms with E-state index < -0.39 is 34.6 Å².